The summed E-state index contributed by atoms with van der Waals surface area (Å²) < 4.78 is 1.56. The summed E-state index contributed by atoms with van der Waals surface area (Å²) in [5, 5.41) is 0. The smallest absolute Gasteiger partial charge is 0.328 e. The second kappa shape index (κ2) is 9.57. The lowest BCUT2D eigenvalue weighted by atomic mass is 9.90. The largest absolute Gasteiger partial charge is 0.354 e. The Balaban J connectivity index is 1.55. The molecule has 32 heavy (non-hydrogen) atoms. The van der Waals surface area contributed by atoms with Gasteiger partial charge in [0, 0.05) is 61.9 Å². The van der Waals surface area contributed by atoms with Crippen molar-refractivity contribution in [3.63, 3.8) is 0 Å². The van der Waals surface area contributed by atoms with Crippen LogP contribution in [0.2, 0.25) is 0 Å². The van der Waals surface area contributed by atoms with E-state index in [-0.39, 0.29) is 22.1 Å². The van der Waals surface area contributed by atoms with Gasteiger partial charge in [0.2, 0.25) is 0 Å². The molecule has 0 amide bonds. The molecular formula is C24H38N6O2. The van der Waals surface area contributed by atoms with Gasteiger partial charge in [-0.05, 0) is 19.4 Å². The Hall–Kier alpha value is -2.48. The number of aromatic nitrogens is 4. The van der Waals surface area contributed by atoms with Crippen LogP contribution in [0.1, 0.15) is 65.9 Å². The van der Waals surface area contributed by atoms with Crippen LogP contribution in [0.4, 0.5) is 5.82 Å². The first-order valence-corrected chi connectivity index (χ1v) is 11.6. The predicted molar refractivity (Wildman–Crippen MR) is 129 cm³/mol. The normalized spacial score (nSPS) is 15.9. The summed E-state index contributed by atoms with van der Waals surface area (Å²) >= 11 is 0. The first-order chi connectivity index (χ1) is 14.9. The molecule has 1 N–H and O–H groups in total. The van der Waals surface area contributed by atoms with E-state index in [0.717, 1.165) is 62.9 Å². The maximum atomic E-state index is 11.8. The fourth-order valence-corrected chi connectivity index (χ4v) is 3.75. The number of nitrogens with one attached hydrogen (secondary N) is 1. The van der Waals surface area contributed by atoms with Crippen LogP contribution < -0.4 is 16.1 Å². The molecule has 3 heterocycles. The minimum Gasteiger partial charge on any atom is -0.354 e. The van der Waals surface area contributed by atoms with Gasteiger partial charge in [-0.25, -0.2) is 14.8 Å². The summed E-state index contributed by atoms with van der Waals surface area (Å²) in [6.45, 7) is 18.6. The molecule has 176 valence electrons. The number of piperazine rings is 1. The summed E-state index contributed by atoms with van der Waals surface area (Å²) in [6.07, 6.45) is 3.49. The minimum atomic E-state index is -0.350. The van der Waals surface area contributed by atoms with Crippen LogP contribution in [-0.4, -0.2) is 57.1 Å². The van der Waals surface area contributed by atoms with Gasteiger partial charge in [-0.2, -0.15) is 0 Å². The first-order valence-electron chi connectivity index (χ1n) is 11.6. The topological polar surface area (TPSA) is 87.1 Å². The van der Waals surface area contributed by atoms with Crippen molar-refractivity contribution in [1.82, 2.24) is 24.4 Å². The number of aryl methyl sites for hydroxylation is 1. The van der Waals surface area contributed by atoms with Gasteiger partial charge in [0.05, 0.1) is 5.69 Å². The van der Waals surface area contributed by atoms with Gasteiger partial charge < -0.3 is 9.47 Å². The highest BCUT2D eigenvalue weighted by atomic mass is 16.2. The van der Waals surface area contributed by atoms with Crippen LogP contribution in [0.5, 0.6) is 0 Å². The molecule has 0 radical (unpaired) electrons. The molecule has 8 heteroatoms. The molecule has 3 rings (SSSR count). The number of hydrogen-bond donors (Lipinski definition) is 1. The monoisotopic (exact) mass is 442 g/mol. The fourth-order valence-electron chi connectivity index (χ4n) is 3.75. The minimum absolute atomic E-state index is 0.0206. The van der Waals surface area contributed by atoms with Gasteiger partial charge in [-0.1, -0.05) is 41.5 Å². The highest BCUT2D eigenvalue weighted by Gasteiger charge is 2.26. The van der Waals surface area contributed by atoms with E-state index in [9.17, 15) is 9.59 Å². The molecule has 0 atom stereocenters. The van der Waals surface area contributed by atoms with E-state index in [1.165, 1.54) is 6.07 Å². The van der Waals surface area contributed by atoms with Crippen molar-refractivity contribution in [3.05, 3.63) is 50.7 Å². The van der Waals surface area contributed by atoms with Gasteiger partial charge in [0.1, 0.15) is 11.6 Å². The SMILES string of the molecule is CC(C)(C)c1cc(N2CCN(CCCCn3ccc(=O)[nH]c3=O)CC2)nc(C(C)(C)C)n1. The van der Waals surface area contributed by atoms with Crippen molar-refractivity contribution in [2.45, 2.75) is 71.8 Å². The highest BCUT2D eigenvalue weighted by Crippen LogP contribution is 2.28. The predicted octanol–water partition coefficient (Wildman–Crippen LogP) is 2.52. The molecule has 1 fully saturated rings. The Morgan fingerprint density at radius 1 is 0.906 bits per heavy atom. The molecule has 1 saturated heterocycles. The number of nitrogens with zero attached hydrogens (tertiary/aromatic N) is 5. The number of aromatic amines is 1. The van der Waals surface area contributed by atoms with E-state index < -0.39 is 0 Å². The molecule has 8 nitrogen and oxygen atoms in total. The Morgan fingerprint density at radius 3 is 2.16 bits per heavy atom. The number of rotatable bonds is 6. The lowest BCUT2D eigenvalue weighted by Crippen LogP contribution is -2.47. The lowest BCUT2D eigenvalue weighted by Gasteiger charge is -2.36. The maximum absolute atomic E-state index is 11.8. The van der Waals surface area contributed by atoms with Gasteiger partial charge in [-0.3, -0.25) is 14.7 Å². The average Bonchev–Trinajstić information content (AvgIpc) is 2.71. The number of hydrogen-bond acceptors (Lipinski definition) is 6. The van der Waals surface area contributed by atoms with E-state index in [1.807, 2.05) is 0 Å². The Labute approximate surface area is 190 Å². The van der Waals surface area contributed by atoms with E-state index >= 15 is 0 Å². The van der Waals surface area contributed by atoms with Gasteiger partial charge in [0.15, 0.2) is 0 Å². The van der Waals surface area contributed by atoms with Crippen LogP contribution in [-0.2, 0) is 17.4 Å². The third kappa shape index (κ3) is 6.28. The van der Waals surface area contributed by atoms with Crippen LogP contribution in [0.3, 0.4) is 0 Å². The van der Waals surface area contributed by atoms with E-state index in [2.05, 4.69) is 62.4 Å². The fraction of sp³-hybridized carbons (Fsp3) is 0.667. The maximum Gasteiger partial charge on any atom is 0.328 e. The Morgan fingerprint density at radius 2 is 1.56 bits per heavy atom. The molecule has 0 bridgehead atoms. The zero-order chi connectivity index (χ0) is 23.5. The van der Waals surface area contributed by atoms with Crippen molar-refractivity contribution < 1.29 is 0 Å². The number of unbranched alkanes of at least 4 members (excludes halogenated alkanes) is 1. The van der Waals surface area contributed by atoms with E-state index in [4.69, 9.17) is 9.97 Å². The van der Waals surface area contributed by atoms with Crippen LogP contribution in [0.15, 0.2) is 27.9 Å². The molecule has 0 aliphatic carbocycles. The van der Waals surface area contributed by atoms with Crippen LogP contribution >= 0.6 is 0 Å². The average molecular weight is 443 g/mol. The zero-order valence-corrected chi connectivity index (χ0v) is 20.4. The van der Waals surface area contributed by atoms with Crippen molar-refractivity contribution in [3.8, 4) is 0 Å². The van der Waals surface area contributed by atoms with Gasteiger partial charge in [-0.15, -0.1) is 0 Å². The highest BCUT2D eigenvalue weighted by molar-refractivity contribution is 5.42. The molecule has 0 spiro atoms. The van der Waals surface area contributed by atoms with Crippen molar-refractivity contribution in [2.24, 2.45) is 0 Å². The zero-order valence-electron chi connectivity index (χ0n) is 20.4. The second-order valence-electron chi connectivity index (χ2n) is 10.8. The second-order valence-corrected chi connectivity index (χ2v) is 10.8. The summed E-state index contributed by atoms with van der Waals surface area (Å²) in [5.41, 5.74) is 0.295. The molecule has 1 aliphatic heterocycles. The molecule has 2 aromatic heterocycles. The molecule has 0 unspecified atom stereocenters. The standard InChI is InChI=1S/C24H38N6O2/c1-23(2,3)18-17-19(26-21(25-18)24(4,5)6)29-15-13-28(14-16-29)10-7-8-11-30-12-9-20(31)27-22(30)32/h9,12,17H,7-8,10-11,13-16H2,1-6H3,(H,27,31,32). The van der Waals surface area contributed by atoms with Crippen molar-refractivity contribution in [2.75, 3.05) is 37.6 Å². The summed E-state index contributed by atoms with van der Waals surface area (Å²) in [7, 11) is 0. The number of H-pyrrole nitrogens is 1. The summed E-state index contributed by atoms with van der Waals surface area (Å²) in [6, 6.07) is 3.55. The molecule has 2 aromatic rings. The first kappa shape index (κ1) is 24.2. The molecule has 0 aromatic carbocycles. The Bertz CT molecular complexity index is 988. The van der Waals surface area contributed by atoms with Crippen molar-refractivity contribution >= 4 is 5.82 Å². The third-order valence-corrected chi connectivity index (χ3v) is 5.87. The van der Waals surface area contributed by atoms with Gasteiger partial charge in [0.25, 0.3) is 5.56 Å². The van der Waals surface area contributed by atoms with E-state index in [1.54, 1.807) is 10.8 Å². The van der Waals surface area contributed by atoms with Crippen LogP contribution in [0, 0.1) is 0 Å². The number of anilines is 1. The Kier molecular flexibility index (Phi) is 7.22. The molecular weight excluding hydrogens is 404 g/mol. The molecule has 1 aliphatic rings. The summed E-state index contributed by atoms with van der Waals surface area (Å²) in [4.78, 5) is 39.9. The van der Waals surface area contributed by atoms with Gasteiger partial charge >= 0.3 is 5.69 Å². The third-order valence-electron chi connectivity index (χ3n) is 5.87. The van der Waals surface area contributed by atoms with Crippen molar-refractivity contribution in [1.29, 1.82) is 0 Å². The van der Waals surface area contributed by atoms with Crippen LogP contribution in [0.25, 0.3) is 0 Å². The summed E-state index contributed by atoms with van der Waals surface area (Å²) in [5.74, 6) is 1.94. The van der Waals surface area contributed by atoms with E-state index in [0.29, 0.717) is 6.54 Å². The molecule has 0 saturated carbocycles. The lowest BCUT2D eigenvalue weighted by molar-refractivity contribution is 0.250. The quantitative estimate of drug-likeness (QED) is 0.692.